The van der Waals surface area contributed by atoms with Crippen molar-refractivity contribution < 1.29 is 4.79 Å². The van der Waals surface area contributed by atoms with Gasteiger partial charge in [0.05, 0.1) is 0 Å². The lowest BCUT2D eigenvalue weighted by Gasteiger charge is -2.00. The minimum atomic E-state index is 0.111. The Morgan fingerprint density at radius 2 is 1.79 bits per heavy atom. The minimum Gasteiger partial charge on any atom is -0.360 e. The SMILES string of the molecule is O=C(Cc1ccc(Cl)cc1)c1c[nH]c2ccccc12. The first kappa shape index (κ1) is 12.0. The quantitative estimate of drug-likeness (QED) is 0.709. The average molecular weight is 270 g/mol. The van der Waals surface area contributed by atoms with Crippen molar-refractivity contribution in [2.45, 2.75) is 6.42 Å². The molecule has 0 unspecified atom stereocenters. The van der Waals surface area contributed by atoms with Crippen LogP contribution in [0, 0.1) is 0 Å². The van der Waals surface area contributed by atoms with Crippen LogP contribution in [0.4, 0.5) is 0 Å². The lowest BCUT2D eigenvalue weighted by Crippen LogP contribution is -2.02. The minimum absolute atomic E-state index is 0.111. The summed E-state index contributed by atoms with van der Waals surface area (Å²) in [5, 5.41) is 1.66. The van der Waals surface area contributed by atoms with Crippen LogP contribution in [0.3, 0.4) is 0 Å². The van der Waals surface area contributed by atoms with Crippen molar-refractivity contribution in [1.82, 2.24) is 4.98 Å². The molecule has 0 fully saturated rings. The van der Waals surface area contributed by atoms with Gasteiger partial charge in [0.15, 0.2) is 5.78 Å². The van der Waals surface area contributed by atoms with Crippen LogP contribution in [-0.4, -0.2) is 10.8 Å². The van der Waals surface area contributed by atoms with E-state index in [4.69, 9.17) is 11.6 Å². The van der Waals surface area contributed by atoms with E-state index in [1.54, 1.807) is 18.3 Å². The number of carbonyl (C=O) groups is 1. The van der Waals surface area contributed by atoms with Crippen molar-refractivity contribution in [2.24, 2.45) is 0 Å². The van der Waals surface area contributed by atoms with Crippen LogP contribution < -0.4 is 0 Å². The van der Waals surface area contributed by atoms with E-state index in [1.807, 2.05) is 36.4 Å². The van der Waals surface area contributed by atoms with Gasteiger partial charge in [-0.05, 0) is 23.8 Å². The number of hydrogen-bond acceptors (Lipinski definition) is 1. The van der Waals surface area contributed by atoms with Crippen molar-refractivity contribution >= 4 is 28.3 Å². The third kappa shape index (κ3) is 2.40. The van der Waals surface area contributed by atoms with Gasteiger partial charge >= 0.3 is 0 Å². The standard InChI is InChI=1S/C16H12ClNO/c17-12-7-5-11(6-8-12)9-16(19)14-10-18-15-4-2-1-3-13(14)15/h1-8,10,18H,9H2. The van der Waals surface area contributed by atoms with Gasteiger partial charge in [-0.25, -0.2) is 0 Å². The van der Waals surface area contributed by atoms with Gasteiger partial charge < -0.3 is 4.98 Å². The van der Waals surface area contributed by atoms with Crippen molar-refractivity contribution in [3.8, 4) is 0 Å². The summed E-state index contributed by atoms with van der Waals surface area (Å²) < 4.78 is 0. The van der Waals surface area contributed by atoms with Crippen molar-refractivity contribution in [3.63, 3.8) is 0 Å². The molecule has 1 N–H and O–H groups in total. The molecule has 0 radical (unpaired) electrons. The first-order valence-electron chi connectivity index (χ1n) is 6.08. The smallest absolute Gasteiger partial charge is 0.169 e. The number of H-pyrrole nitrogens is 1. The fraction of sp³-hybridized carbons (Fsp3) is 0.0625. The van der Waals surface area contributed by atoms with E-state index in [-0.39, 0.29) is 5.78 Å². The number of benzene rings is 2. The fourth-order valence-electron chi connectivity index (χ4n) is 2.19. The van der Waals surface area contributed by atoms with Crippen LogP contribution in [0.1, 0.15) is 15.9 Å². The summed E-state index contributed by atoms with van der Waals surface area (Å²) in [5.41, 5.74) is 2.70. The van der Waals surface area contributed by atoms with Crippen molar-refractivity contribution in [3.05, 3.63) is 70.9 Å². The molecular formula is C16H12ClNO. The Kier molecular flexibility index (Phi) is 3.10. The summed E-state index contributed by atoms with van der Waals surface area (Å²) >= 11 is 5.84. The van der Waals surface area contributed by atoms with E-state index in [2.05, 4.69) is 4.98 Å². The first-order chi connectivity index (χ1) is 9.24. The lowest BCUT2D eigenvalue weighted by atomic mass is 10.0. The summed E-state index contributed by atoms with van der Waals surface area (Å²) in [5.74, 6) is 0.111. The van der Waals surface area contributed by atoms with Crippen LogP contribution in [-0.2, 0) is 6.42 Å². The summed E-state index contributed by atoms with van der Waals surface area (Å²) in [7, 11) is 0. The molecule has 0 aliphatic carbocycles. The molecule has 0 aliphatic rings. The predicted molar refractivity (Wildman–Crippen MR) is 77.8 cm³/mol. The zero-order valence-corrected chi connectivity index (χ0v) is 10.9. The van der Waals surface area contributed by atoms with Gasteiger partial charge in [0.25, 0.3) is 0 Å². The number of rotatable bonds is 3. The van der Waals surface area contributed by atoms with E-state index < -0.39 is 0 Å². The molecule has 3 heteroatoms. The Labute approximate surface area is 116 Å². The van der Waals surface area contributed by atoms with Crippen molar-refractivity contribution in [1.29, 1.82) is 0 Å². The summed E-state index contributed by atoms with van der Waals surface area (Å²) in [6, 6.07) is 15.2. The molecule has 0 saturated carbocycles. The molecule has 0 amide bonds. The van der Waals surface area contributed by atoms with Gasteiger partial charge in [-0.15, -0.1) is 0 Å². The maximum atomic E-state index is 12.3. The topological polar surface area (TPSA) is 32.9 Å². The molecule has 19 heavy (non-hydrogen) atoms. The van der Waals surface area contributed by atoms with Crippen LogP contribution in [0.25, 0.3) is 10.9 Å². The number of aromatic amines is 1. The molecule has 94 valence electrons. The third-order valence-corrected chi connectivity index (χ3v) is 3.42. The van der Waals surface area contributed by atoms with E-state index in [0.717, 1.165) is 22.0 Å². The van der Waals surface area contributed by atoms with Crippen molar-refractivity contribution in [2.75, 3.05) is 0 Å². The van der Waals surface area contributed by atoms with Gasteiger partial charge in [0, 0.05) is 34.1 Å². The Balaban J connectivity index is 1.90. The van der Waals surface area contributed by atoms with Gasteiger partial charge in [-0.2, -0.15) is 0 Å². The Morgan fingerprint density at radius 3 is 2.58 bits per heavy atom. The number of fused-ring (bicyclic) bond motifs is 1. The number of halogens is 1. The lowest BCUT2D eigenvalue weighted by molar-refractivity contribution is 0.0994. The third-order valence-electron chi connectivity index (χ3n) is 3.17. The molecule has 0 spiro atoms. The van der Waals surface area contributed by atoms with Crippen LogP contribution in [0.5, 0.6) is 0 Å². The van der Waals surface area contributed by atoms with Gasteiger partial charge in [-0.1, -0.05) is 41.9 Å². The Bertz CT molecular complexity index is 728. The predicted octanol–water partition coefficient (Wildman–Crippen LogP) is 4.25. The average Bonchev–Trinajstić information content (AvgIpc) is 2.85. The number of para-hydroxylation sites is 1. The molecule has 0 aliphatic heterocycles. The van der Waals surface area contributed by atoms with E-state index in [9.17, 15) is 4.79 Å². The monoisotopic (exact) mass is 269 g/mol. The zero-order valence-electron chi connectivity index (χ0n) is 10.2. The highest BCUT2D eigenvalue weighted by Crippen LogP contribution is 2.20. The molecule has 2 aromatic carbocycles. The molecule has 0 bridgehead atoms. The highest BCUT2D eigenvalue weighted by molar-refractivity contribution is 6.30. The van der Waals surface area contributed by atoms with E-state index in [1.165, 1.54) is 0 Å². The molecule has 2 nitrogen and oxygen atoms in total. The molecule has 1 heterocycles. The van der Waals surface area contributed by atoms with Crippen LogP contribution >= 0.6 is 11.6 Å². The Morgan fingerprint density at radius 1 is 1.05 bits per heavy atom. The normalized spacial score (nSPS) is 10.8. The van der Waals surface area contributed by atoms with E-state index in [0.29, 0.717) is 11.4 Å². The van der Waals surface area contributed by atoms with Gasteiger partial charge in [0.2, 0.25) is 0 Å². The summed E-state index contributed by atoms with van der Waals surface area (Å²) in [6.07, 6.45) is 2.17. The highest BCUT2D eigenvalue weighted by atomic mass is 35.5. The summed E-state index contributed by atoms with van der Waals surface area (Å²) in [4.78, 5) is 15.4. The van der Waals surface area contributed by atoms with Crippen LogP contribution in [0.2, 0.25) is 5.02 Å². The van der Waals surface area contributed by atoms with Gasteiger partial charge in [-0.3, -0.25) is 4.79 Å². The van der Waals surface area contributed by atoms with Crippen LogP contribution in [0.15, 0.2) is 54.7 Å². The number of Topliss-reactive ketones (excluding diaryl/α,β-unsaturated/α-hetero) is 1. The fourth-order valence-corrected chi connectivity index (χ4v) is 2.31. The molecule has 3 aromatic rings. The molecule has 3 rings (SSSR count). The molecule has 0 saturated heterocycles. The van der Waals surface area contributed by atoms with E-state index >= 15 is 0 Å². The second-order valence-corrected chi connectivity index (χ2v) is 4.91. The number of carbonyl (C=O) groups excluding carboxylic acids is 1. The molecular weight excluding hydrogens is 258 g/mol. The molecule has 0 atom stereocenters. The maximum Gasteiger partial charge on any atom is 0.169 e. The first-order valence-corrected chi connectivity index (χ1v) is 6.45. The van der Waals surface area contributed by atoms with Gasteiger partial charge in [0.1, 0.15) is 0 Å². The zero-order chi connectivity index (χ0) is 13.2. The number of ketones is 1. The number of aromatic nitrogens is 1. The second-order valence-electron chi connectivity index (χ2n) is 4.47. The number of hydrogen-bond donors (Lipinski definition) is 1. The molecule has 1 aromatic heterocycles. The largest absolute Gasteiger partial charge is 0.360 e. The Hall–Kier alpha value is -2.06. The second kappa shape index (κ2) is 4.90. The summed E-state index contributed by atoms with van der Waals surface area (Å²) in [6.45, 7) is 0. The maximum absolute atomic E-state index is 12.3. The number of nitrogens with one attached hydrogen (secondary N) is 1. The highest BCUT2D eigenvalue weighted by Gasteiger charge is 2.12.